The largest absolute Gasteiger partial charge is 0.493 e. The summed E-state index contributed by atoms with van der Waals surface area (Å²) < 4.78 is 30.4. The number of alkyl halides is 1. The van der Waals surface area contributed by atoms with Gasteiger partial charge in [-0.15, -0.1) is 0 Å². The number of ether oxygens (including phenoxy) is 3. The van der Waals surface area contributed by atoms with E-state index in [1.165, 1.54) is 12.8 Å². The van der Waals surface area contributed by atoms with E-state index in [4.69, 9.17) is 14.2 Å². The SMILES string of the molecule is FCc1ccc(OCC2CCCN(C[C@@H]3COc4ccccc4O3)C2)cc1. The normalized spacial score (nSPS) is 22.4. The molecule has 4 rings (SSSR count). The highest BCUT2D eigenvalue weighted by Gasteiger charge is 2.26. The smallest absolute Gasteiger partial charge is 0.161 e. The summed E-state index contributed by atoms with van der Waals surface area (Å²) in [6.07, 6.45) is 2.40. The molecule has 0 aromatic heterocycles. The number of halogens is 1. The minimum Gasteiger partial charge on any atom is -0.493 e. The van der Waals surface area contributed by atoms with Crippen molar-refractivity contribution in [3.8, 4) is 17.2 Å². The average molecular weight is 371 g/mol. The molecule has 27 heavy (non-hydrogen) atoms. The minimum atomic E-state index is -0.435. The molecule has 4 nitrogen and oxygen atoms in total. The first-order valence-corrected chi connectivity index (χ1v) is 9.68. The van der Waals surface area contributed by atoms with E-state index in [1.54, 1.807) is 12.1 Å². The molecule has 2 aliphatic heterocycles. The maximum Gasteiger partial charge on any atom is 0.161 e. The van der Waals surface area contributed by atoms with Crippen LogP contribution < -0.4 is 14.2 Å². The number of piperidine rings is 1. The number of nitrogens with zero attached hydrogens (tertiary/aromatic N) is 1. The lowest BCUT2D eigenvalue weighted by Crippen LogP contribution is -2.45. The number of hydrogen-bond donors (Lipinski definition) is 0. The van der Waals surface area contributed by atoms with Crippen LogP contribution in [0.3, 0.4) is 0 Å². The second kappa shape index (κ2) is 8.61. The van der Waals surface area contributed by atoms with Gasteiger partial charge in [0.25, 0.3) is 0 Å². The monoisotopic (exact) mass is 371 g/mol. The van der Waals surface area contributed by atoms with Crippen LogP contribution in [0.15, 0.2) is 48.5 Å². The summed E-state index contributed by atoms with van der Waals surface area (Å²) in [5, 5.41) is 0. The number of para-hydroxylation sites is 2. The molecule has 0 amide bonds. The van der Waals surface area contributed by atoms with Crippen LogP contribution in [0, 0.1) is 5.92 Å². The van der Waals surface area contributed by atoms with Crippen LogP contribution in [0.25, 0.3) is 0 Å². The van der Waals surface area contributed by atoms with Crippen molar-refractivity contribution in [3.63, 3.8) is 0 Å². The molecule has 2 aromatic carbocycles. The summed E-state index contributed by atoms with van der Waals surface area (Å²) in [5.74, 6) is 2.97. The van der Waals surface area contributed by atoms with Crippen LogP contribution in [0.2, 0.25) is 0 Å². The molecule has 1 unspecified atom stereocenters. The van der Waals surface area contributed by atoms with Crippen LogP contribution in [0.5, 0.6) is 17.2 Å². The second-order valence-corrected chi connectivity index (χ2v) is 7.35. The summed E-state index contributed by atoms with van der Waals surface area (Å²) in [4.78, 5) is 2.45. The molecular weight excluding hydrogens is 345 g/mol. The Hall–Kier alpha value is -2.27. The van der Waals surface area contributed by atoms with Gasteiger partial charge in [-0.2, -0.15) is 0 Å². The van der Waals surface area contributed by atoms with Gasteiger partial charge in [-0.05, 0) is 49.2 Å². The third kappa shape index (κ3) is 4.72. The van der Waals surface area contributed by atoms with Crippen molar-refractivity contribution < 1.29 is 18.6 Å². The van der Waals surface area contributed by atoms with Gasteiger partial charge in [-0.3, -0.25) is 4.90 Å². The fourth-order valence-electron chi connectivity index (χ4n) is 3.78. The number of likely N-dealkylation sites (tertiary alicyclic amines) is 1. The predicted molar refractivity (Wildman–Crippen MR) is 102 cm³/mol. The highest BCUT2D eigenvalue weighted by Crippen LogP contribution is 2.31. The molecule has 1 fully saturated rings. The number of fused-ring (bicyclic) bond motifs is 1. The molecule has 2 aliphatic rings. The molecule has 0 N–H and O–H groups in total. The summed E-state index contributed by atoms with van der Waals surface area (Å²) in [6, 6.07) is 15.1. The van der Waals surface area contributed by atoms with Crippen molar-refractivity contribution in [2.75, 3.05) is 32.8 Å². The second-order valence-electron chi connectivity index (χ2n) is 7.35. The molecule has 1 saturated heterocycles. The van der Waals surface area contributed by atoms with E-state index in [2.05, 4.69) is 4.90 Å². The zero-order chi connectivity index (χ0) is 18.5. The molecule has 2 aromatic rings. The Morgan fingerprint density at radius 2 is 1.89 bits per heavy atom. The summed E-state index contributed by atoms with van der Waals surface area (Å²) >= 11 is 0. The summed E-state index contributed by atoms with van der Waals surface area (Å²) in [7, 11) is 0. The first-order chi connectivity index (χ1) is 13.3. The fraction of sp³-hybridized carbons (Fsp3) is 0.455. The van der Waals surface area contributed by atoms with Gasteiger partial charge in [0.1, 0.15) is 25.1 Å². The van der Waals surface area contributed by atoms with Gasteiger partial charge in [-0.1, -0.05) is 24.3 Å². The van der Waals surface area contributed by atoms with Crippen molar-refractivity contribution in [1.82, 2.24) is 4.90 Å². The molecule has 2 heterocycles. The predicted octanol–water partition coefficient (Wildman–Crippen LogP) is 4.09. The maximum absolute atomic E-state index is 12.6. The molecule has 0 spiro atoms. The lowest BCUT2D eigenvalue weighted by atomic mass is 9.98. The number of rotatable bonds is 6. The van der Waals surface area contributed by atoms with Gasteiger partial charge >= 0.3 is 0 Å². The molecule has 5 heteroatoms. The highest BCUT2D eigenvalue weighted by molar-refractivity contribution is 5.40. The van der Waals surface area contributed by atoms with E-state index in [9.17, 15) is 4.39 Å². The van der Waals surface area contributed by atoms with E-state index in [1.807, 2.05) is 36.4 Å². The molecule has 0 radical (unpaired) electrons. The van der Waals surface area contributed by atoms with Gasteiger partial charge in [0.15, 0.2) is 11.5 Å². The maximum atomic E-state index is 12.6. The Morgan fingerprint density at radius 1 is 1.07 bits per heavy atom. The topological polar surface area (TPSA) is 30.9 Å². The quantitative estimate of drug-likeness (QED) is 0.765. The lowest BCUT2D eigenvalue weighted by Gasteiger charge is -2.36. The van der Waals surface area contributed by atoms with Crippen molar-refractivity contribution in [1.29, 1.82) is 0 Å². The molecule has 144 valence electrons. The molecule has 0 aliphatic carbocycles. The van der Waals surface area contributed by atoms with E-state index >= 15 is 0 Å². The van der Waals surface area contributed by atoms with E-state index in [-0.39, 0.29) is 6.10 Å². The van der Waals surface area contributed by atoms with E-state index in [0.29, 0.717) is 24.7 Å². The first-order valence-electron chi connectivity index (χ1n) is 9.68. The van der Waals surface area contributed by atoms with Crippen LogP contribution in [0.1, 0.15) is 18.4 Å². The van der Waals surface area contributed by atoms with Crippen LogP contribution in [-0.4, -0.2) is 43.9 Å². The van der Waals surface area contributed by atoms with Crippen LogP contribution in [0.4, 0.5) is 4.39 Å². The Labute approximate surface area is 159 Å². The number of benzene rings is 2. The van der Waals surface area contributed by atoms with Crippen LogP contribution >= 0.6 is 0 Å². The van der Waals surface area contributed by atoms with Gasteiger partial charge in [-0.25, -0.2) is 4.39 Å². The Balaban J connectivity index is 1.25. The molecular formula is C22H26FNO3. The van der Waals surface area contributed by atoms with Crippen molar-refractivity contribution in [2.45, 2.75) is 25.6 Å². The van der Waals surface area contributed by atoms with Gasteiger partial charge in [0.2, 0.25) is 0 Å². The summed E-state index contributed by atoms with van der Waals surface area (Å²) in [5.41, 5.74) is 0.683. The lowest BCUT2D eigenvalue weighted by molar-refractivity contribution is 0.0395. The summed E-state index contributed by atoms with van der Waals surface area (Å²) in [6.45, 7) is 3.81. The Bertz CT molecular complexity index is 737. The zero-order valence-corrected chi connectivity index (χ0v) is 15.5. The molecule has 0 bridgehead atoms. The Kier molecular flexibility index (Phi) is 5.78. The van der Waals surface area contributed by atoms with Crippen molar-refractivity contribution in [3.05, 3.63) is 54.1 Å². The third-order valence-electron chi connectivity index (χ3n) is 5.20. The van der Waals surface area contributed by atoms with Crippen molar-refractivity contribution in [2.24, 2.45) is 5.92 Å². The standard InChI is InChI=1S/C22H26FNO3/c23-12-17-7-9-19(10-8-17)25-15-18-4-3-11-24(13-18)14-20-16-26-21-5-1-2-6-22(21)27-20/h1-2,5-10,18,20H,3-4,11-16H2/t18?,20-/m1/s1. The zero-order valence-electron chi connectivity index (χ0n) is 15.5. The first kappa shape index (κ1) is 18.1. The van der Waals surface area contributed by atoms with Gasteiger partial charge in [0, 0.05) is 19.0 Å². The van der Waals surface area contributed by atoms with Gasteiger partial charge in [0.05, 0.1) is 6.61 Å². The molecule has 0 saturated carbocycles. The highest BCUT2D eigenvalue weighted by atomic mass is 19.1. The Morgan fingerprint density at radius 3 is 2.70 bits per heavy atom. The van der Waals surface area contributed by atoms with E-state index in [0.717, 1.165) is 36.9 Å². The third-order valence-corrected chi connectivity index (χ3v) is 5.20. The van der Waals surface area contributed by atoms with Crippen LogP contribution in [-0.2, 0) is 6.67 Å². The average Bonchev–Trinajstić information content (AvgIpc) is 2.73. The number of hydrogen-bond acceptors (Lipinski definition) is 4. The fourth-order valence-corrected chi connectivity index (χ4v) is 3.78. The minimum absolute atomic E-state index is 0.0628. The van der Waals surface area contributed by atoms with Crippen molar-refractivity contribution >= 4 is 0 Å². The molecule has 2 atom stereocenters. The van der Waals surface area contributed by atoms with Gasteiger partial charge < -0.3 is 14.2 Å². The van der Waals surface area contributed by atoms with E-state index < -0.39 is 6.67 Å².